The maximum absolute atomic E-state index is 11.6. The van der Waals surface area contributed by atoms with Crippen molar-refractivity contribution in [2.45, 2.75) is 56.6 Å². The fraction of sp³-hybridized carbons (Fsp3) is 0.833. The van der Waals surface area contributed by atoms with Crippen LogP contribution in [-0.2, 0) is 9.53 Å². The van der Waals surface area contributed by atoms with Crippen LogP contribution in [0.2, 0.25) is 0 Å². The van der Waals surface area contributed by atoms with Gasteiger partial charge in [-0.3, -0.25) is 4.79 Å². The van der Waals surface area contributed by atoms with E-state index in [4.69, 9.17) is 4.74 Å². The number of hydrogen-bond acceptors (Lipinski definition) is 5. The van der Waals surface area contributed by atoms with Crippen LogP contribution >= 0.6 is 11.8 Å². The molecule has 0 radical (unpaired) electrons. The second-order valence-electron chi connectivity index (χ2n) is 5.56. The number of alkyl carbamates (subject to hydrolysis) is 1. The van der Waals surface area contributed by atoms with E-state index < -0.39 is 34.6 Å². The number of amides is 1. The summed E-state index contributed by atoms with van der Waals surface area (Å²) in [6.45, 7) is 6.92. The summed E-state index contributed by atoms with van der Waals surface area (Å²) in [5.41, 5.74) is -0.630. The second kappa shape index (κ2) is 5.58. The summed E-state index contributed by atoms with van der Waals surface area (Å²) in [7, 11) is 0. The zero-order valence-electron chi connectivity index (χ0n) is 11.6. The zero-order valence-corrected chi connectivity index (χ0v) is 12.4. The van der Waals surface area contributed by atoms with Crippen LogP contribution in [0.4, 0.5) is 4.79 Å². The smallest absolute Gasteiger partial charge is 0.407 e. The van der Waals surface area contributed by atoms with Gasteiger partial charge < -0.3 is 20.3 Å². The standard InChI is InChI=1S/C12H21NO5S/c1-5-12(9(15)16)8(14)7(6-19-12)13-10(17)18-11(2,3)4/h7-8,14H,5-6H2,1-4H3,(H,13,17)(H,15,16). The SMILES string of the molecule is CCC1(C(=O)O)SCC(NC(=O)OC(C)(C)C)C1O. The molecule has 6 nitrogen and oxygen atoms in total. The highest BCUT2D eigenvalue weighted by atomic mass is 32.2. The highest BCUT2D eigenvalue weighted by Gasteiger charge is 2.53. The third kappa shape index (κ3) is 3.54. The molecule has 1 aliphatic heterocycles. The highest BCUT2D eigenvalue weighted by Crippen LogP contribution is 2.41. The lowest BCUT2D eigenvalue weighted by atomic mass is 9.94. The number of rotatable bonds is 3. The maximum Gasteiger partial charge on any atom is 0.407 e. The first kappa shape index (κ1) is 16.1. The van der Waals surface area contributed by atoms with Crippen molar-refractivity contribution in [3.8, 4) is 0 Å². The van der Waals surface area contributed by atoms with Crippen LogP contribution < -0.4 is 5.32 Å². The van der Waals surface area contributed by atoms with Crippen molar-refractivity contribution < 1.29 is 24.5 Å². The molecule has 0 saturated carbocycles. The molecule has 1 aliphatic rings. The lowest BCUT2D eigenvalue weighted by Gasteiger charge is -2.28. The first-order valence-electron chi connectivity index (χ1n) is 6.17. The Hall–Kier alpha value is -0.950. The van der Waals surface area contributed by atoms with Gasteiger partial charge in [0.1, 0.15) is 16.5 Å². The molecule has 19 heavy (non-hydrogen) atoms. The zero-order chi connectivity index (χ0) is 14.8. The molecule has 1 amide bonds. The largest absolute Gasteiger partial charge is 0.480 e. The van der Waals surface area contributed by atoms with E-state index in [1.807, 2.05) is 0 Å². The number of thioether (sulfide) groups is 1. The topological polar surface area (TPSA) is 95.9 Å². The number of aliphatic hydroxyl groups is 1. The van der Waals surface area contributed by atoms with Gasteiger partial charge in [0, 0.05) is 5.75 Å². The van der Waals surface area contributed by atoms with Gasteiger partial charge >= 0.3 is 12.1 Å². The van der Waals surface area contributed by atoms with Gasteiger partial charge in [0.15, 0.2) is 0 Å². The molecule has 0 spiro atoms. The van der Waals surface area contributed by atoms with Gasteiger partial charge in [-0.15, -0.1) is 11.8 Å². The predicted molar refractivity (Wildman–Crippen MR) is 72.3 cm³/mol. The van der Waals surface area contributed by atoms with E-state index in [0.29, 0.717) is 12.2 Å². The minimum absolute atomic E-state index is 0.292. The normalized spacial score (nSPS) is 31.0. The summed E-state index contributed by atoms with van der Waals surface area (Å²) < 4.78 is 3.84. The van der Waals surface area contributed by atoms with Crippen LogP contribution in [0.3, 0.4) is 0 Å². The van der Waals surface area contributed by atoms with E-state index in [1.54, 1.807) is 27.7 Å². The molecule has 110 valence electrons. The van der Waals surface area contributed by atoms with E-state index in [9.17, 15) is 19.8 Å². The molecule has 3 N–H and O–H groups in total. The summed E-state index contributed by atoms with van der Waals surface area (Å²) in [6.07, 6.45) is -1.48. The minimum atomic E-state index is -1.25. The van der Waals surface area contributed by atoms with Crippen molar-refractivity contribution >= 4 is 23.8 Å². The van der Waals surface area contributed by atoms with E-state index in [0.717, 1.165) is 11.8 Å². The monoisotopic (exact) mass is 291 g/mol. The fourth-order valence-corrected chi connectivity index (χ4v) is 3.38. The predicted octanol–water partition coefficient (Wildman–Crippen LogP) is 1.22. The molecule has 0 aromatic heterocycles. The van der Waals surface area contributed by atoms with Crippen LogP contribution in [0, 0.1) is 0 Å². The Morgan fingerprint density at radius 3 is 2.42 bits per heavy atom. The molecule has 1 fully saturated rings. The van der Waals surface area contributed by atoms with Crippen molar-refractivity contribution in [3.05, 3.63) is 0 Å². The molecule has 1 saturated heterocycles. The van der Waals surface area contributed by atoms with Crippen molar-refractivity contribution in [1.82, 2.24) is 5.32 Å². The van der Waals surface area contributed by atoms with Gasteiger partial charge in [-0.2, -0.15) is 0 Å². The van der Waals surface area contributed by atoms with E-state index in [2.05, 4.69) is 5.32 Å². The highest BCUT2D eigenvalue weighted by molar-refractivity contribution is 8.01. The average molecular weight is 291 g/mol. The van der Waals surface area contributed by atoms with Gasteiger partial charge in [0.25, 0.3) is 0 Å². The van der Waals surface area contributed by atoms with Gasteiger partial charge in [-0.05, 0) is 27.2 Å². The number of carbonyl (C=O) groups is 2. The number of ether oxygens (including phenoxy) is 1. The van der Waals surface area contributed by atoms with Crippen molar-refractivity contribution in [3.63, 3.8) is 0 Å². The lowest BCUT2D eigenvalue weighted by Crippen LogP contribution is -2.52. The van der Waals surface area contributed by atoms with E-state index in [-0.39, 0.29) is 0 Å². The molecular weight excluding hydrogens is 270 g/mol. The Morgan fingerprint density at radius 1 is 1.47 bits per heavy atom. The molecule has 3 atom stereocenters. The van der Waals surface area contributed by atoms with Gasteiger partial charge in [-0.1, -0.05) is 6.92 Å². The fourth-order valence-electron chi connectivity index (χ4n) is 1.97. The number of aliphatic carboxylic acids is 1. The molecule has 0 aromatic carbocycles. The van der Waals surface area contributed by atoms with Crippen LogP contribution in [0.5, 0.6) is 0 Å². The minimum Gasteiger partial charge on any atom is -0.480 e. The Morgan fingerprint density at radius 2 is 2.05 bits per heavy atom. The van der Waals surface area contributed by atoms with Gasteiger partial charge in [0.2, 0.25) is 0 Å². The molecule has 0 aliphatic carbocycles. The van der Waals surface area contributed by atoms with Crippen LogP contribution in [0.15, 0.2) is 0 Å². The Kier molecular flexibility index (Phi) is 4.73. The Balaban J connectivity index is 2.69. The number of carboxylic acid groups (broad SMARTS) is 1. The number of hydrogen-bond donors (Lipinski definition) is 3. The number of carbonyl (C=O) groups excluding carboxylic acids is 1. The Labute approximate surface area is 116 Å². The van der Waals surface area contributed by atoms with Crippen molar-refractivity contribution in [2.75, 3.05) is 5.75 Å². The van der Waals surface area contributed by atoms with Crippen LogP contribution in [0.25, 0.3) is 0 Å². The van der Waals surface area contributed by atoms with Crippen LogP contribution in [0.1, 0.15) is 34.1 Å². The molecule has 3 unspecified atom stereocenters. The number of carboxylic acids is 1. The molecule has 0 bridgehead atoms. The van der Waals surface area contributed by atoms with Crippen molar-refractivity contribution in [2.24, 2.45) is 0 Å². The third-order valence-corrected chi connectivity index (χ3v) is 4.71. The summed E-state index contributed by atoms with van der Waals surface area (Å²) in [6, 6.07) is -0.615. The van der Waals surface area contributed by atoms with E-state index in [1.165, 1.54) is 0 Å². The first-order chi connectivity index (χ1) is 8.62. The summed E-state index contributed by atoms with van der Waals surface area (Å²) in [5.74, 6) is -0.707. The number of aliphatic hydroxyl groups excluding tert-OH is 1. The average Bonchev–Trinajstić information content (AvgIpc) is 2.54. The second-order valence-corrected chi connectivity index (χ2v) is 6.91. The summed E-state index contributed by atoms with van der Waals surface area (Å²) in [4.78, 5) is 22.9. The van der Waals surface area contributed by atoms with E-state index >= 15 is 0 Å². The molecule has 1 rings (SSSR count). The lowest BCUT2D eigenvalue weighted by molar-refractivity contribution is -0.143. The Bertz CT molecular complexity index is 368. The summed E-state index contributed by atoms with van der Waals surface area (Å²) in [5, 5.41) is 21.9. The van der Waals surface area contributed by atoms with Gasteiger partial charge in [-0.25, -0.2) is 4.79 Å². The van der Waals surface area contributed by atoms with Crippen molar-refractivity contribution in [1.29, 1.82) is 0 Å². The number of nitrogens with one attached hydrogen (secondary N) is 1. The van der Waals surface area contributed by atoms with Crippen LogP contribution in [-0.4, -0.2) is 50.5 Å². The quantitative estimate of drug-likeness (QED) is 0.723. The maximum atomic E-state index is 11.6. The molecule has 1 heterocycles. The first-order valence-corrected chi connectivity index (χ1v) is 7.16. The summed E-state index contributed by atoms with van der Waals surface area (Å²) >= 11 is 1.15. The molecule has 7 heteroatoms. The van der Waals surface area contributed by atoms with Gasteiger partial charge in [0.05, 0.1) is 6.04 Å². The molecule has 0 aromatic rings. The molecular formula is C12H21NO5S. The third-order valence-electron chi connectivity index (χ3n) is 2.97.